The zero-order valence-corrected chi connectivity index (χ0v) is 33.2. The van der Waals surface area contributed by atoms with Crippen LogP contribution in [0, 0.1) is 0 Å². The maximum Gasteiger partial charge on any atom is 0.421 e. The number of carbonyl (C=O) groups is 1. The second kappa shape index (κ2) is 23.2. The lowest BCUT2D eigenvalue weighted by Gasteiger charge is -2.29. The van der Waals surface area contributed by atoms with Crippen LogP contribution in [-0.4, -0.2) is 79.8 Å². The number of anilines is 1. The molecule has 4 rings (SSSR count). The van der Waals surface area contributed by atoms with Gasteiger partial charge in [-0.25, -0.2) is 9.30 Å². The predicted molar refractivity (Wildman–Crippen MR) is 211 cm³/mol. The Labute approximate surface area is 314 Å². The van der Waals surface area contributed by atoms with Crippen molar-refractivity contribution in [2.75, 3.05) is 51.9 Å². The highest BCUT2D eigenvalue weighted by atomic mass is 32.2. The van der Waals surface area contributed by atoms with Crippen LogP contribution in [0.3, 0.4) is 0 Å². The molecule has 2 aromatic carbocycles. The summed E-state index contributed by atoms with van der Waals surface area (Å²) in [7, 11) is 3.35. The average molecular weight is 748 g/mol. The van der Waals surface area contributed by atoms with E-state index in [2.05, 4.69) is 27.1 Å². The molecule has 52 heavy (non-hydrogen) atoms. The Balaban J connectivity index is 0.00000226. The highest BCUT2D eigenvalue weighted by Gasteiger charge is 2.41. The maximum atomic E-state index is 14.2. The van der Waals surface area contributed by atoms with E-state index in [9.17, 15) is 18.0 Å². The van der Waals surface area contributed by atoms with E-state index in [1.807, 2.05) is 69.6 Å². The molecule has 2 atom stereocenters. The van der Waals surface area contributed by atoms with Crippen LogP contribution in [0.5, 0.6) is 5.75 Å². The third-order valence-electron chi connectivity index (χ3n) is 8.79. The number of fused-ring (bicyclic) bond motifs is 1. The van der Waals surface area contributed by atoms with Crippen LogP contribution in [-0.2, 0) is 11.2 Å². The van der Waals surface area contributed by atoms with Gasteiger partial charge in [0.05, 0.1) is 18.8 Å². The highest BCUT2D eigenvalue weighted by molar-refractivity contribution is 7.96. The smallest absolute Gasteiger partial charge is 0.421 e. The van der Waals surface area contributed by atoms with Gasteiger partial charge in [-0.3, -0.25) is 4.79 Å². The molecule has 0 aromatic heterocycles. The van der Waals surface area contributed by atoms with Crippen LogP contribution >= 0.6 is 11.9 Å². The third-order valence-corrected chi connectivity index (χ3v) is 9.59. The molecule has 2 N–H and O–H groups in total. The first-order valence-electron chi connectivity index (χ1n) is 18.5. The van der Waals surface area contributed by atoms with E-state index in [4.69, 9.17) is 9.47 Å². The number of halogens is 3. The van der Waals surface area contributed by atoms with Gasteiger partial charge in [-0.15, -0.1) is 0 Å². The number of nitrogens with one attached hydrogen (secondary N) is 2. The van der Waals surface area contributed by atoms with Crippen molar-refractivity contribution in [2.24, 2.45) is 4.99 Å². The zero-order valence-electron chi connectivity index (χ0n) is 32.4. The van der Waals surface area contributed by atoms with E-state index < -0.39 is 23.7 Å². The number of rotatable bonds is 12. The molecule has 1 amide bonds. The SMILES string of the molecule is C=C/C(=C(\N=C(/C)Nc1ccc(C(=O)NCCN2CCCCCCCC2)cc1OC)O[C@@H]1Cc2ccccc2[C@H]1N(C)SC)C(F)(F)F.CC.CC. The van der Waals surface area contributed by atoms with Gasteiger partial charge in [-0.05, 0) is 75.5 Å². The van der Waals surface area contributed by atoms with Crippen molar-refractivity contribution in [3.8, 4) is 5.75 Å². The summed E-state index contributed by atoms with van der Waals surface area (Å²) in [5.74, 6) is -0.323. The number of allylic oxidation sites excluding steroid dienone is 2. The van der Waals surface area contributed by atoms with E-state index in [0.29, 0.717) is 30.0 Å². The molecule has 0 saturated carbocycles. The van der Waals surface area contributed by atoms with Gasteiger partial charge >= 0.3 is 6.18 Å². The number of carbonyl (C=O) groups excluding carboxylic acids is 1. The van der Waals surface area contributed by atoms with Gasteiger partial charge < -0.3 is 25.0 Å². The Bertz CT molecular complexity index is 1460. The minimum absolute atomic E-state index is 0.137. The third kappa shape index (κ3) is 13.2. The molecule has 290 valence electrons. The first-order valence-corrected chi connectivity index (χ1v) is 19.7. The van der Waals surface area contributed by atoms with Crippen LogP contribution in [0.15, 0.2) is 71.6 Å². The number of aliphatic imine (C=N–C) groups is 1. The number of alkyl halides is 3. The Morgan fingerprint density at radius 3 is 2.29 bits per heavy atom. The summed E-state index contributed by atoms with van der Waals surface area (Å²) in [5.41, 5.74) is 1.80. The summed E-state index contributed by atoms with van der Waals surface area (Å²) in [6.07, 6.45) is 5.15. The average Bonchev–Trinajstić information content (AvgIpc) is 3.56. The number of amidine groups is 1. The van der Waals surface area contributed by atoms with E-state index in [1.54, 1.807) is 25.1 Å². The van der Waals surface area contributed by atoms with Crippen LogP contribution in [0.1, 0.15) is 101 Å². The molecule has 1 fully saturated rings. The quantitative estimate of drug-likeness (QED) is 0.0736. The molecule has 2 aromatic rings. The van der Waals surface area contributed by atoms with E-state index in [0.717, 1.165) is 36.8 Å². The molecule has 0 bridgehead atoms. The topological polar surface area (TPSA) is 78.4 Å². The number of likely N-dealkylation sites (N-methyl/N-ethyl adjacent to an activating group) is 1. The van der Waals surface area contributed by atoms with Gasteiger partial charge in [0, 0.05) is 25.1 Å². The van der Waals surface area contributed by atoms with Gasteiger partial charge in [0.2, 0.25) is 5.88 Å². The number of benzene rings is 2. The summed E-state index contributed by atoms with van der Waals surface area (Å²) < 4.78 is 56.3. The fourth-order valence-electron chi connectivity index (χ4n) is 6.26. The van der Waals surface area contributed by atoms with Gasteiger partial charge in [-0.2, -0.15) is 13.2 Å². The fraction of sp³-hybridized carbons (Fsp3) is 0.550. The molecule has 2 aliphatic rings. The van der Waals surface area contributed by atoms with Crippen molar-refractivity contribution in [3.63, 3.8) is 0 Å². The molecular weight excluding hydrogens is 688 g/mol. The Kier molecular flexibility index (Phi) is 20.0. The molecule has 0 spiro atoms. The Morgan fingerprint density at radius 2 is 1.69 bits per heavy atom. The van der Waals surface area contributed by atoms with Gasteiger partial charge in [0.1, 0.15) is 23.3 Å². The van der Waals surface area contributed by atoms with Crippen molar-refractivity contribution in [1.82, 2.24) is 14.5 Å². The van der Waals surface area contributed by atoms with Gasteiger partial charge in [0.15, 0.2) is 0 Å². The number of amides is 1. The molecule has 1 saturated heterocycles. The molecular formula is C40H60F3N5O3S. The summed E-state index contributed by atoms with van der Waals surface area (Å²) in [6, 6.07) is 12.4. The van der Waals surface area contributed by atoms with E-state index in [1.165, 1.54) is 57.6 Å². The summed E-state index contributed by atoms with van der Waals surface area (Å²) >= 11 is 1.47. The monoisotopic (exact) mass is 747 g/mol. The van der Waals surface area contributed by atoms with Gasteiger partial charge in [0.25, 0.3) is 5.91 Å². The highest BCUT2D eigenvalue weighted by Crippen LogP contribution is 2.41. The molecule has 12 heteroatoms. The molecule has 0 radical (unpaired) electrons. The van der Waals surface area contributed by atoms with Crippen molar-refractivity contribution < 1.29 is 27.4 Å². The second-order valence-corrected chi connectivity index (χ2v) is 13.1. The lowest BCUT2D eigenvalue weighted by atomic mass is 10.1. The number of hydrogen-bond donors (Lipinski definition) is 2. The Morgan fingerprint density at radius 1 is 1.06 bits per heavy atom. The van der Waals surface area contributed by atoms with E-state index in [-0.39, 0.29) is 17.8 Å². The lowest BCUT2D eigenvalue weighted by Crippen LogP contribution is -2.36. The van der Waals surface area contributed by atoms with Crippen LogP contribution < -0.4 is 15.4 Å². The molecule has 0 unspecified atom stereocenters. The predicted octanol–water partition coefficient (Wildman–Crippen LogP) is 9.82. The Hall–Kier alpha value is -3.48. The minimum atomic E-state index is -4.74. The van der Waals surface area contributed by atoms with Crippen LogP contribution in [0.25, 0.3) is 0 Å². The molecule has 1 heterocycles. The summed E-state index contributed by atoms with van der Waals surface area (Å²) in [6.45, 7) is 16.4. The normalized spacial score (nSPS) is 18.5. The maximum absolute atomic E-state index is 14.2. The van der Waals surface area contributed by atoms with Crippen molar-refractivity contribution in [2.45, 2.75) is 97.9 Å². The summed E-state index contributed by atoms with van der Waals surface area (Å²) in [5, 5.41) is 6.04. The first-order chi connectivity index (χ1) is 25.0. The van der Waals surface area contributed by atoms with Crippen molar-refractivity contribution in [1.29, 1.82) is 0 Å². The van der Waals surface area contributed by atoms with Crippen molar-refractivity contribution >= 4 is 29.4 Å². The summed E-state index contributed by atoms with van der Waals surface area (Å²) in [4.78, 5) is 19.7. The molecule has 1 aliphatic heterocycles. The first kappa shape index (κ1) is 44.7. The standard InChI is InChI=1S/C36H48F3N5O3S.2C2H6/c1-6-29(36(37,38)39)35(47-32-23-26-15-11-12-16-28(26)33(32)43(3)48-5)42-25(2)41-30-18-17-27(24-31(30)46-4)34(45)40-19-22-44-20-13-9-7-8-10-14-21-44;2*1-2/h6,11-12,15-18,24,32-33H,1,7-10,13-14,19-23H2,2-5H3,(H,40,45)(H,41,42);2*1-2H3/b35-29-;;/t32-,33-;;/m1../s1. The molecule has 1 aliphatic carbocycles. The minimum Gasteiger partial charge on any atom is -0.495 e. The number of ether oxygens (including phenoxy) is 2. The largest absolute Gasteiger partial charge is 0.495 e. The van der Waals surface area contributed by atoms with Gasteiger partial charge in [-0.1, -0.05) is 102 Å². The number of nitrogens with zero attached hydrogens (tertiary/aromatic N) is 3. The lowest BCUT2D eigenvalue weighted by molar-refractivity contribution is -0.0932. The van der Waals surface area contributed by atoms with E-state index >= 15 is 0 Å². The number of hydrogen-bond acceptors (Lipinski definition) is 7. The van der Waals surface area contributed by atoms with Crippen LogP contribution in [0.2, 0.25) is 0 Å². The molecule has 8 nitrogen and oxygen atoms in total. The zero-order chi connectivity index (χ0) is 38.7. The number of methoxy groups -OCH3 is 1. The van der Waals surface area contributed by atoms with Crippen molar-refractivity contribution in [3.05, 3.63) is 83.3 Å². The fourth-order valence-corrected chi connectivity index (χ4v) is 6.73. The second-order valence-electron chi connectivity index (χ2n) is 12.1. The van der Waals surface area contributed by atoms with Crippen LogP contribution in [0.4, 0.5) is 18.9 Å².